The molecule has 0 spiro atoms. The monoisotopic (exact) mass is 225 g/mol. The minimum Gasteiger partial charge on any atom is -0.386 e. The van der Waals surface area contributed by atoms with E-state index in [2.05, 4.69) is 24.8 Å². The Morgan fingerprint density at radius 2 is 2.19 bits per heavy atom. The number of hydrogen-bond acceptors (Lipinski definition) is 3. The summed E-state index contributed by atoms with van der Waals surface area (Å²) in [4.78, 5) is 2.31. The first-order valence-corrected chi connectivity index (χ1v) is 6.28. The van der Waals surface area contributed by atoms with Gasteiger partial charge in [0.2, 0.25) is 0 Å². The summed E-state index contributed by atoms with van der Waals surface area (Å²) in [5.74, 6) is 0.416. The molecule has 0 saturated carbocycles. The Morgan fingerprint density at radius 1 is 1.50 bits per heavy atom. The average molecular weight is 225 g/mol. The van der Waals surface area contributed by atoms with E-state index in [1.54, 1.807) is 6.92 Å². The van der Waals surface area contributed by atoms with E-state index in [4.69, 9.17) is 0 Å². The van der Waals surface area contributed by atoms with Crippen LogP contribution in [0.25, 0.3) is 0 Å². The highest BCUT2D eigenvalue weighted by atomic mass is 16.3. The fourth-order valence-electron chi connectivity index (χ4n) is 3.13. The van der Waals surface area contributed by atoms with Crippen molar-refractivity contribution >= 4 is 0 Å². The van der Waals surface area contributed by atoms with Gasteiger partial charge in [0.05, 0.1) is 0 Å². The van der Waals surface area contributed by atoms with E-state index in [-0.39, 0.29) is 6.04 Å². The molecule has 2 aliphatic rings. The number of nitrogens with zero attached hydrogens (tertiary/aromatic N) is 1. The lowest BCUT2D eigenvalue weighted by Gasteiger charge is -2.46. The Hall–Kier alpha value is -0.380. The molecule has 3 atom stereocenters. The summed E-state index contributed by atoms with van der Waals surface area (Å²) in [5, 5.41) is 20.7. The van der Waals surface area contributed by atoms with Crippen molar-refractivity contribution in [3.63, 3.8) is 0 Å². The lowest BCUT2D eigenvalue weighted by atomic mass is 9.80. The van der Waals surface area contributed by atoms with Crippen LogP contribution in [0.4, 0.5) is 0 Å². The molecule has 2 saturated heterocycles. The van der Waals surface area contributed by atoms with Gasteiger partial charge in [0, 0.05) is 12.6 Å². The van der Waals surface area contributed by atoms with Crippen LogP contribution in [0.15, 0.2) is 11.6 Å². The highest BCUT2D eigenvalue weighted by Crippen LogP contribution is 2.37. The van der Waals surface area contributed by atoms with Gasteiger partial charge < -0.3 is 10.2 Å². The lowest BCUT2D eigenvalue weighted by Crippen LogP contribution is -2.61. The molecule has 3 heteroatoms. The van der Waals surface area contributed by atoms with Gasteiger partial charge >= 0.3 is 0 Å². The van der Waals surface area contributed by atoms with Gasteiger partial charge in [-0.1, -0.05) is 19.9 Å². The average Bonchev–Trinajstić information content (AvgIpc) is 2.62. The van der Waals surface area contributed by atoms with Crippen molar-refractivity contribution in [1.29, 1.82) is 0 Å². The second-order valence-electron chi connectivity index (χ2n) is 5.74. The first-order chi connectivity index (χ1) is 7.43. The maximum absolute atomic E-state index is 10.5. The third-order valence-corrected chi connectivity index (χ3v) is 3.88. The maximum atomic E-state index is 10.5. The van der Waals surface area contributed by atoms with Crippen molar-refractivity contribution in [3.8, 4) is 0 Å². The zero-order valence-corrected chi connectivity index (χ0v) is 10.5. The molecule has 0 aromatic rings. The van der Waals surface area contributed by atoms with Crippen molar-refractivity contribution in [2.45, 2.75) is 51.4 Å². The third kappa shape index (κ3) is 1.92. The van der Waals surface area contributed by atoms with Gasteiger partial charge in [-0.05, 0) is 37.8 Å². The van der Waals surface area contributed by atoms with Gasteiger partial charge in [0.1, 0.15) is 11.7 Å². The summed E-state index contributed by atoms with van der Waals surface area (Å²) in [6, 6.07) is 0.131. The van der Waals surface area contributed by atoms with E-state index in [1.165, 1.54) is 0 Å². The van der Waals surface area contributed by atoms with Gasteiger partial charge in [0.15, 0.2) is 0 Å². The number of hydrogen-bond donors (Lipinski definition) is 2. The number of allylic oxidation sites excluding steroid dienone is 1. The SMILES string of the molecule is CC(C)/C=C1\CN2CCCC2C(C)(O)C1O. The van der Waals surface area contributed by atoms with E-state index >= 15 is 0 Å². The van der Waals surface area contributed by atoms with Crippen LogP contribution in [-0.2, 0) is 0 Å². The molecule has 2 heterocycles. The summed E-state index contributed by atoms with van der Waals surface area (Å²) in [7, 11) is 0. The first-order valence-electron chi connectivity index (χ1n) is 6.28. The molecule has 92 valence electrons. The summed E-state index contributed by atoms with van der Waals surface area (Å²) < 4.78 is 0. The number of piperidine rings is 1. The second-order valence-corrected chi connectivity index (χ2v) is 5.74. The van der Waals surface area contributed by atoms with Crippen LogP contribution in [0.2, 0.25) is 0 Å². The number of fused-ring (bicyclic) bond motifs is 1. The van der Waals surface area contributed by atoms with Crippen LogP contribution in [0.5, 0.6) is 0 Å². The largest absolute Gasteiger partial charge is 0.386 e. The van der Waals surface area contributed by atoms with Crippen molar-refractivity contribution in [1.82, 2.24) is 4.90 Å². The fraction of sp³-hybridized carbons (Fsp3) is 0.846. The molecule has 0 aliphatic carbocycles. The summed E-state index contributed by atoms with van der Waals surface area (Å²) in [6.07, 6.45) is 3.52. The Kier molecular flexibility index (Phi) is 3.12. The van der Waals surface area contributed by atoms with E-state index in [9.17, 15) is 10.2 Å². The molecule has 2 fully saturated rings. The fourth-order valence-corrected chi connectivity index (χ4v) is 3.13. The van der Waals surface area contributed by atoms with Crippen molar-refractivity contribution in [2.24, 2.45) is 5.92 Å². The maximum Gasteiger partial charge on any atom is 0.107 e. The van der Waals surface area contributed by atoms with Gasteiger partial charge in [-0.15, -0.1) is 0 Å². The van der Waals surface area contributed by atoms with Gasteiger partial charge in [0.25, 0.3) is 0 Å². The van der Waals surface area contributed by atoms with Crippen molar-refractivity contribution in [2.75, 3.05) is 13.1 Å². The first kappa shape index (κ1) is 12.1. The molecular formula is C13H23NO2. The zero-order valence-electron chi connectivity index (χ0n) is 10.5. The van der Waals surface area contributed by atoms with Crippen LogP contribution >= 0.6 is 0 Å². The molecular weight excluding hydrogens is 202 g/mol. The van der Waals surface area contributed by atoms with Crippen molar-refractivity contribution < 1.29 is 10.2 Å². The van der Waals surface area contributed by atoms with Crippen molar-refractivity contribution in [3.05, 3.63) is 11.6 Å². The molecule has 0 bridgehead atoms. The van der Waals surface area contributed by atoms with E-state index in [0.29, 0.717) is 5.92 Å². The Balaban J connectivity index is 2.26. The van der Waals surface area contributed by atoms with Crippen LogP contribution < -0.4 is 0 Å². The highest BCUT2D eigenvalue weighted by Gasteiger charge is 2.49. The number of aliphatic hydroxyl groups is 2. The predicted molar refractivity (Wildman–Crippen MR) is 64.1 cm³/mol. The molecule has 2 aliphatic heterocycles. The topological polar surface area (TPSA) is 43.7 Å². The molecule has 0 amide bonds. The molecule has 3 unspecified atom stereocenters. The van der Waals surface area contributed by atoms with Crippen LogP contribution in [0.1, 0.15) is 33.6 Å². The molecule has 0 radical (unpaired) electrons. The zero-order chi connectivity index (χ0) is 11.9. The normalized spacial score (nSPS) is 43.0. The van der Waals surface area contributed by atoms with Crippen LogP contribution in [0, 0.1) is 5.92 Å². The van der Waals surface area contributed by atoms with Gasteiger partial charge in [-0.2, -0.15) is 0 Å². The standard InChI is InChI=1S/C13H23NO2/c1-9(2)7-10-8-14-6-4-5-11(14)13(3,16)12(10)15/h7,9,11-12,15-16H,4-6,8H2,1-3H3/b10-7+. The molecule has 16 heavy (non-hydrogen) atoms. The van der Waals surface area contributed by atoms with Crippen LogP contribution in [-0.4, -0.2) is 45.9 Å². The number of rotatable bonds is 1. The Bertz CT molecular complexity index is 296. The smallest absolute Gasteiger partial charge is 0.107 e. The number of aliphatic hydroxyl groups excluding tert-OH is 1. The van der Waals surface area contributed by atoms with Gasteiger partial charge in [-0.3, -0.25) is 4.90 Å². The van der Waals surface area contributed by atoms with Gasteiger partial charge in [-0.25, -0.2) is 0 Å². The molecule has 0 aromatic carbocycles. The predicted octanol–water partition coefficient (Wildman–Crippen LogP) is 1.16. The summed E-state index contributed by atoms with van der Waals surface area (Å²) in [6.45, 7) is 7.84. The van der Waals surface area contributed by atoms with E-state index < -0.39 is 11.7 Å². The molecule has 3 nitrogen and oxygen atoms in total. The Labute approximate surface area is 97.8 Å². The summed E-state index contributed by atoms with van der Waals surface area (Å²) >= 11 is 0. The minimum atomic E-state index is -0.991. The Morgan fingerprint density at radius 3 is 2.81 bits per heavy atom. The molecule has 2 rings (SSSR count). The highest BCUT2D eigenvalue weighted by molar-refractivity contribution is 5.23. The lowest BCUT2D eigenvalue weighted by molar-refractivity contribution is -0.110. The molecule has 2 N–H and O–H groups in total. The molecule has 0 aromatic heterocycles. The quantitative estimate of drug-likeness (QED) is 0.658. The summed E-state index contributed by atoms with van der Waals surface area (Å²) in [5.41, 5.74) is -0.00620. The van der Waals surface area contributed by atoms with E-state index in [0.717, 1.165) is 31.5 Å². The van der Waals surface area contributed by atoms with E-state index in [1.807, 2.05) is 0 Å². The van der Waals surface area contributed by atoms with Crippen LogP contribution in [0.3, 0.4) is 0 Å². The minimum absolute atomic E-state index is 0.131. The second kappa shape index (κ2) is 4.13. The third-order valence-electron chi connectivity index (χ3n) is 3.88.